The topological polar surface area (TPSA) is 100 Å². The standard InChI is InChI=1S/C21H19N3O4S/c1-29(27,28)21-22-10-8-18(23-21)15-6-7-16-13-24(20(26)17(16)12-15)11-9-14-4-2-3-5-19(14)25/h2-8,10,12,25H,9,11,13H2,1H3. The molecular formula is C21H19N3O4S. The summed E-state index contributed by atoms with van der Waals surface area (Å²) in [5, 5.41) is 9.66. The second-order valence-corrected chi connectivity index (χ2v) is 8.88. The van der Waals surface area contributed by atoms with Gasteiger partial charge in [-0.2, -0.15) is 0 Å². The van der Waals surface area contributed by atoms with Crippen LogP contribution in [0.1, 0.15) is 21.5 Å². The van der Waals surface area contributed by atoms with Crippen LogP contribution < -0.4 is 0 Å². The molecule has 0 aliphatic carbocycles. The van der Waals surface area contributed by atoms with E-state index >= 15 is 0 Å². The summed E-state index contributed by atoms with van der Waals surface area (Å²) in [6.07, 6.45) is 3.01. The number of carbonyl (C=O) groups excluding carboxylic acids is 1. The van der Waals surface area contributed by atoms with Gasteiger partial charge in [0, 0.05) is 36.7 Å². The molecular weight excluding hydrogens is 390 g/mol. The van der Waals surface area contributed by atoms with Gasteiger partial charge in [0.1, 0.15) is 5.75 Å². The Bertz CT molecular complexity index is 1210. The van der Waals surface area contributed by atoms with E-state index in [9.17, 15) is 18.3 Å². The van der Waals surface area contributed by atoms with Crippen molar-refractivity contribution in [1.82, 2.24) is 14.9 Å². The van der Waals surface area contributed by atoms with Gasteiger partial charge in [-0.15, -0.1) is 0 Å². The summed E-state index contributed by atoms with van der Waals surface area (Å²) in [6.45, 7) is 0.993. The number of amides is 1. The van der Waals surface area contributed by atoms with E-state index in [4.69, 9.17) is 0 Å². The van der Waals surface area contributed by atoms with Crippen molar-refractivity contribution in [3.05, 3.63) is 71.4 Å². The molecule has 1 aliphatic rings. The summed E-state index contributed by atoms with van der Waals surface area (Å²) in [4.78, 5) is 22.5. The van der Waals surface area contributed by atoms with Crippen LogP contribution in [-0.4, -0.2) is 47.1 Å². The number of sulfone groups is 1. The molecule has 1 amide bonds. The number of para-hydroxylation sites is 1. The van der Waals surface area contributed by atoms with Gasteiger partial charge < -0.3 is 10.0 Å². The van der Waals surface area contributed by atoms with Crippen LogP contribution in [0.5, 0.6) is 5.75 Å². The molecule has 2 heterocycles. The van der Waals surface area contributed by atoms with Crippen molar-refractivity contribution in [2.24, 2.45) is 0 Å². The molecule has 1 aromatic heterocycles. The van der Waals surface area contributed by atoms with Crippen LogP contribution in [0.3, 0.4) is 0 Å². The number of phenolic OH excluding ortho intramolecular Hbond substituents is 1. The maximum Gasteiger partial charge on any atom is 0.254 e. The second-order valence-electron chi connectivity index (χ2n) is 6.97. The highest BCUT2D eigenvalue weighted by molar-refractivity contribution is 7.90. The van der Waals surface area contributed by atoms with Gasteiger partial charge in [-0.05, 0) is 35.7 Å². The van der Waals surface area contributed by atoms with Crippen LogP contribution in [-0.2, 0) is 22.8 Å². The summed E-state index contributed by atoms with van der Waals surface area (Å²) in [6, 6.07) is 14.1. The molecule has 1 N–H and O–H groups in total. The molecule has 7 nitrogen and oxygen atoms in total. The largest absolute Gasteiger partial charge is 0.508 e. The van der Waals surface area contributed by atoms with Crippen LogP contribution in [0.4, 0.5) is 0 Å². The molecule has 0 saturated heterocycles. The Morgan fingerprint density at radius 3 is 2.69 bits per heavy atom. The summed E-state index contributed by atoms with van der Waals surface area (Å²) in [7, 11) is -3.52. The lowest BCUT2D eigenvalue weighted by atomic mass is 10.0. The van der Waals surface area contributed by atoms with E-state index in [2.05, 4.69) is 9.97 Å². The third-order valence-electron chi connectivity index (χ3n) is 4.89. The average Bonchev–Trinajstić information content (AvgIpc) is 3.02. The maximum absolute atomic E-state index is 12.8. The number of nitrogens with zero attached hydrogens (tertiary/aromatic N) is 3. The van der Waals surface area contributed by atoms with Gasteiger partial charge in [-0.3, -0.25) is 4.79 Å². The Morgan fingerprint density at radius 1 is 1.14 bits per heavy atom. The molecule has 0 unspecified atom stereocenters. The quantitative estimate of drug-likeness (QED) is 0.650. The van der Waals surface area contributed by atoms with Gasteiger partial charge in [-0.25, -0.2) is 18.4 Å². The first-order valence-corrected chi connectivity index (χ1v) is 10.9. The SMILES string of the molecule is CS(=O)(=O)c1nccc(-c2ccc3c(c2)C(=O)N(CCc2ccccc2O)C3)n1. The lowest BCUT2D eigenvalue weighted by Crippen LogP contribution is -2.26. The first-order valence-electron chi connectivity index (χ1n) is 9.05. The number of benzene rings is 2. The molecule has 29 heavy (non-hydrogen) atoms. The van der Waals surface area contributed by atoms with Crippen molar-refractivity contribution in [2.75, 3.05) is 12.8 Å². The summed E-state index contributed by atoms with van der Waals surface area (Å²) >= 11 is 0. The Morgan fingerprint density at radius 2 is 1.93 bits per heavy atom. The van der Waals surface area contributed by atoms with Gasteiger partial charge in [0.05, 0.1) is 5.69 Å². The molecule has 0 fully saturated rings. The molecule has 0 radical (unpaired) electrons. The predicted octanol–water partition coefficient (Wildman–Crippen LogP) is 2.45. The number of fused-ring (bicyclic) bond motifs is 1. The van der Waals surface area contributed by atoms with E-state index in [-0.39, 0.29) is 16.8 Å². The number of carbonyl (C=O) groups is 1. The Hall–Kier alpha value is -3.26. The molecule has 0 bridgehead atoms. The lowest BCUT2D eigenvalue weighted by molar-refractivity contribution is 0.0780. The highest BCUT2D eigenvalue weighted by atomic mass is 32.2. The van der Waals surface area contributed by atoms with E-state index in [0.717, 1.165) is 17.4 Å². The molecule has 0 atom stereocenters. The van der Waals surface area contributed by atoms with Crippen LogP contribution in [0.15, 0.2) is 59.9 Å². The predicted molar refractivity (Wildman–Crippen MR) is 107 cm³/mol. The van der Waals surface area contributed by atoms with Gasteiger partial charge in [-0.1, -0.05) is 30.3 Å². The van der Waals surface area contributed by atoms with Gasteiger partial charge in [0.25, 0.3) is 5.91 Å². The number of rotatable bonds is 5. The lowest BCUT2D eigenvalue weighted by Gasteiger charge is -2.15. The van der Waals surface area contributed by atoms with E-state index in [0.29, 0.717) is 36.3 Å². The molecule has 148 valence electrons. The molecule has 2 aromatic carbocycles. The summed E-state index contributed by atoms with van der Waals surface area (Å²) in [5.41, 5.74) is 3.40. The van der Waals surface area contributed by atoms with Crippen LogP contribution >= 0.6 is 0 Å². The zero-order chi connectivity index (χ0) is 20.6. The van der Waals surface area contributed by atoms with E-state index in [1.807, 2.05) is 24.3 Å². The number of aromatic hydroxyl groups is 1. The molecule has 0 saturated carbocycles. The average molecular weight is 409 g/mol. The number of hydrogen-bond donors (Lipinski definition) is 1. The van der Waals surface area contributed by atoms with E-state index < -0.39 is 9.84 Å². The maximum atomic E-state index is 12.8. The summed E-state index contributed by atoms with van der Waals surface area (Å²) < 4.78 is 23.4. The fourth-order valence-electron chi connectivity index (χ4n) is 3.36. The van der Waals surface area contributed by atoms with E-state index in [1.165, 1.54) is 6.20 Å². The minimum Gasteiger partial charge on any atom is -0.508 e. The van der Waals surface area contributed by atoms with Gasteiger partial charge in [0.2, 0.25) is 15.0 Å². The van der Waals surface area contributed by atoms with Crippen molar-refractivity contribution < 1.29 is 18.3 Å². The Labute approximate surface area is 168 Å². The zero-order valence-corrected chi connectivity index (χ0v) is 16.6. The van der Waals surface area contributed by atoms with E-state index in [1.54, 1.807) is 29.2 Å². The molecule has 3 aromatic rings. The van der Waals surface area contributed by atoms with Crippen molar-refractivity contribution in [1.29, 1.82) is 0 Å². The van der Waals surface area contributed by atoms with Crippen LogP contribution in [0.25, 0.3) is 11.3 Å². The fraction of sp³-hybridized carbons (Fsp3) is 0.190. The molecule has 8 heteroatoms. The number of aromatic nitrogens is 2. The molecule has 0 spiro atoms. The van der Waals surface area contributed by atoms with Crippen molar-refractivity contribution in [2.45, 2.75) is 18.1 Å². The third-order valence-corrected chi connectivity index (χ3v) is 5.75. The van der Waals surface area contributed by atoms with Crippen LogP contribution in [0.2, 0.25) is 0 Å². The Balaban J connectivity index is 1.56. The minimum atomic E-state index is -3.52. The molecule has 1 aliphatic heterocycles. The van der Waals surface area contributed by atoms with Gasteiger partial charge in [0.15, 0.2) is 0 Å². The van der Waals surface area contributed by atoms with Crippen molar-refractivity contribution in [3.8, 4) is 17.0 Å². The smallest absolute Gasteiger partial charge is 0.254 e. The molecule has 4 rings (SSSR count). The fourth-order valence-corrected chi connectivity index (χ4v) is 3.88. The first kappa shape index (κ1) is 19.1. The number of hydrogen-bond acceptors (Lipinski definition) is 6. The number of phenols is 1. The zero-order valence-electron chi connectivity index (χ0n) is 15.7. The first-order chi connectivity index (χ1) is 13.8. The van der Waals surface area contributed by atoms with Gasteiger partial charge >= 0.3 is 0 Å². The highest BCUT2D eigenvalue weighted by Crippen LogP contribution is 2.28. The highest BCUT2D eigenvalue weighted by Gasteiger charge is 2.27. The summed E-state index contributed by atoms with van der Waals surface area (Å²) in [5.74, 6) is 0.138. The van der Waals surface area contributed by atoms with Crippen LogP contribution in [0, 0.1) is 0 Å². The third kappa shape index (κ3) is 3.84. The second kappa shape index (κ2) is 7.29. The Kier molecular flexibility index (Phi) is 4.79. The minimum absolute atomic E-state index is 0.0883. The normalized spacial score (nSPS) is 13.6. The van der Waals surface area contributed by atoms with Crippen molar-refractivity contribution >= 4 is 15.7 Å². The van der Waals surface area contributed by atoms with Crippen molar-refractivity contribution in [3.63, 3.8) is 0 Å². The monoisotopic (exact) mass is 409 g/mol.